The molecular formula is C10H14N2O2. The quantitative estimate of drug-likeness (QED) is 0.803. The Kier molecular flexibility index (Phi) is 3.91. The van der Waals surface area contributed by atoms with Gasteiger partial charge in [-0.1, -0.05) is 13.8 Å². The molecule has 0 aliphatic heterocycles. The first-order chi connectivity index (χ1) is 6.68. The Morgan fingerprint density at radius 2 is 2.14 bits per heavy atom. The summed E-state index contributed by atoms with van der Waals surface area (Å²) >= 11 is 0. The summed E-state index contributed by atoms with van der Waals surface area (Å²) < 4.78 is 4.94. The molecule has 1 N–H and O–H groups in total. The second kappa shape index (κ2) is 5.21. The number of ether oxygens (including phenoxy) is 1. The largest absolute Gasteiger partial charge is 0.449 e. The molecule has 0 saturated heterocycles. The van der Waals surface area contributed by atoms with E-state index < -0.39 is 6.09 Å². The van der Waals surface area contributed by atoms with Crippen molar-refractivity contribution in [2.75, 3.05) is 11.9 Å². The molecule has 4 nitrogen and oxygen atoms in total. The highest BCUT2D eigenvalue weighted by Crippen LogP contribution is 2.04. The van der Waals surface area contributed by atoms with Gasteiger partial charge in [-0.05, 0) is 18.1 Å². The molecule has 1 aromatic rings. The third-order valence-electron chi connectivity index (χ3n) is 1.47. The van der Waals surface area contributed by atoms with Gasteiger partial charge in [0.25, 0.3) is 0 Å². The van der Waals surface area contributed by atoms with Crippen molar-refractivity contribution in [3.05, 3.63) is 24.5 Å². The van der Waals surface area contributed by atoms with Crippen molar-refractivity contribution in [3.63, 3.8) is 0 Å². The lowest BCUT2D eigenvalue weighted by molar-refractivity contribution is 0.147. The van der Waals surface area contributed by atoms with Crippen LogP contribution in [0.15, 0.2) is 24.5 Å². The lowest BCUT2D eigenvalue weighted by atomic mass is 10.2. The summed E-state index contributed by atoms with van der Waals surface area (Å²) in [5.74, 6) is 0.346. The molecule has 0 aromatic carbocycles. The SMILES string of the molecule is CC(C)COC(=O)Nc1ccncc1. The predicted octanol–water partition coefficient (Wildman–Crippen LogP) is 2.29. The van der Waals surface area contributed by atoms with Crippen molar-refractivity contribution in [2.45, 2.75) is 13.8 Å². The molecular weight excluding hydrogens is 180 g/mol. The zero-order valence-electron chi connectivity index (χ0n) is 8.36. The number of amides is 1. The molecule has 0 bridgehead atoms. The van der Waals surface area contributed by atoms with Crippen LogP contribution >= 0.6 is 0 Å². The minimum atomic E-state index is -0.426. The summed E-state index contributed by atoms with van der Waals surface area (Å²) in [5, 5.41) is 2.60. The van der Waals surface area contributed by atoms with Gasteiger partial charge in [0.15, 0.2) is 0 Å². The monoisotopic (exact) mass is 194 g/mol. The summed E-state index contributed by atoms with van der Waals surface area (Å²) in [6, 6.07) is 3.41. The van der Waals surface area contributed by atoms with E-state index in [1.807, 2.05) is 13.8 Å². The maximum Gasteiger partial charge on any atom is 0.411 e. The number of carbonyl (C=O) groups excluding carboxylic acids is 1. The normalized spacial score (nSPS) is 9.93. The summed E-state index contributed by atoms with van der Waals surface area (Å²) in [4.78, 5) is 15.0. The van der Waals surface area contributed by atoms with E-state index in [1.165, 1.54) is 0 Å². The fraction of sp³-hybridized carbons (Fsp3) is 0.400. The zero-order valence-corrected chi connectivity index (χ0v) is 8.36. The van der Waals surface area contributed by atoms with Gasteiger partial charge < -0.3 is 4.74 Å². The molecule has 0 radical (unpaired) electrons. The van der Waals surface area contributed by atoms with Crippen molar-refractivity contribution in [1.82, 2.24) is 4.98 Å². The third-order valence-corrected chi connectivity index (χ3v) is 1.47. The predicted molar refractivity (Wildman–Crippen MR) is 54.0 cm³/mol. The summed E-state index contributed by atoms with van der Waals surface area (Å²) in [5.41, 5.74) is 0.689. The van der Waals surface area contributed by atoms with Crippen LogP contribution in [0.3, 0.4) is 0 Å². The second-order valence-corrected chi connectivity index (χ2v) is 3.35. The summed E-state index contributed by atoms with van der Waals surface area (Å²) in [6.45, 7) is 4.40. The number of rotatable bonds is 3. The molecule has 0 saturated carbocycles. The first kappa shape index (κ1) is 10.5. The number of nitrogens with zero attached hydrogens (tertiary/aromatic N) is 1. The number of carbonyl (C=O) groups is 1. The van der Waals surface area contributed by atoms with Gasteiger partial charge in [0, 0.05) is 18.1 Å². The van der Waals surface area contributed by atoms with E-state index in [-0.39, 0.29) is 0 Å². The molecule has 0 unspecified atom stereocenters. The molecule has 14 heavy (non-hydrogen) atoms. The zero-order chi connectivity index (χ0) is 10.4. The van der Waals surface area contributed by atoms with Crippen LogP contribution in [0.2, 0.25) is 0 Å². The van der Waals surface area contributed by atoms with Crippen molar-refractivity contribution in [2.24, 2.45) is 5.92 Å². The Balaban J connectivity index is 2.35. The van der Waals surface area contributed by atoms with E-state index in [2.05, 4.69) is 10.3 Å². The molecule has 1 aromatic heterocycles. The third kappa shape index (κ3) is 3.89. The molecule has 76 valence electrons. The van der Waals surface area contributed by atoms with Crippen molar-refractivity contribution >= 4 is 11.8 Å². The molecule has 1 heterocycles. The molecule has 1 amide bonds. The van der Waals surface area contributed by atoms with Crippen molar-refractivity contribution in [3.8, 4) is 0 Å². The Labute approximate surface area is 83.3 Å². The summed E-state index contributed by atoms with van der Waals surface area (Å²) in [7, 11) is 0. The number of pyridine rings is 1. The van der Waals surface area contributed by atoms with Gasteiger partial charge in [-0.25, -0.2) is 4.79 Å². The van der Waals surface area contributed by atoms with Crippen LogP contribution in [-0.4, -0.2) is 17.7 Å². The average molecular weight is 194 g/mol. The fourth-order valence-corrected chi connectivity index (χ4v) is 0.832. The van der Waals surface area contributed by atoms with E-state index in [1.54, 1.807) is 24.5 Å². The lowest BCUT2D eigenvalue weighted by Gasteiger charge is -2.08. The number of hydrogen-bond donors (Lipinski definition) is 1. The first-order valence-corrected chi connectivity index (χ1v) is 4.52. The maximum atomic E-state index is 11.2. The standard InChI is InChI=1S/C10H14N2O2/c1-8(2)7-14-10(13)12-9-3-5-11-6-4-9/h3-6,8H,7H2,1-2H3,(H,11,12,13). The average Bonchev–Trinajstić information content (AvgIpc) is 2.16. The van der Waals surface area contributed by atoms with E-state index >= 15 is 0 Å². The number of anilines is 1. The molecule has 0 atom stereocenters. The van der Waals surface area contributed by atoms with Crippen molar-refractivity contribution in [1.29, 1.82) is 0 Å². The lowest BCUT2D eigenvalue weighted by Crippen LogP contribution is -2.16. The first-order valence-electron chi connectivity index (χ1n) is 4.52. The highest BCUT2D eigenvalue weighted by Gasteiger charge is 2.03. The Hall–Kier alpha value is -1.58. The van der Waals surface area contributed by atoms with Crippen LogP contribution in [-0.2, 0) is 4.74 Å². The summed E-state index contributed by atoms with van der Waals surface area (Å²) in [6.07, 6.45) is 2.79. The van der Waals surface area contributed by atoms with Gasteiger partial charge >= 0.3 is 6.09 Å². The fourth-order valence-electron chi connectivity index (χ4n) is 0.832. The Morgan fingerprint density at radius 1 is 1.50 bits per heavy atom. The van der Waals surface area contributed by atoms with Gasteiger partial charge in [0.1, 0.15) is 0 Å². The highest BCUT2D eigenvalue weighted by molar-refractivity contribution is 5.84. The molecule has 0 aliphatic rings. The van der Waals surface area contributed by atoms with Crippen LogP contribution in [0, 0.1) is 5.92 Å². The van der Waals surface area contributed by atoms with Crippen LogP contribution in [0.5, 0.6) is 0 Å². The van der Waals surface area contributed by atoms with Crippen LogP contribution in [0.1, 0.15) is 13.8 Å². The number of hydrogen-bond acceptors (Lipinski definition) is 3. The number of nitrogens with one attached hydrogen (secondary N) is 1. The highest BCUT2D eigenvalue weighted by atomic mass is 16.5. The van der Waals surface area contributed by atoms with Crippen LogP contribution in [0.4, 0.5) is 10.5 Å². The van der Waals surface area contributed by atoms with Gasteiger partial charge in [-0.3, -0.25) is 10.3 Å². The molecule has 1 rings (SSSR count). The topological polar surface area (TPSA) is 51.2 Å². The van der Waals surface area contributed by atoms with Gasteiger partial charge in [-0.2, -0.15) is 0 Å². The van der Waals surface area contributed by atoms with Gasteiger partial charge in [-0.15, -0.1) is 0 Å². The minimum absolute atomic E-state index is 0.346. The van der Waals surface area contributed by atoms with Crippen LogP contribution in [0.25, 0.3) is 0 Å². The van der Waals surface area contributed by atoms with E-state index in [4.69, 9.17) is 4.74 Å². The van der Waals surface area contributed by atoms with Crippen molar-refractivity contribution < 1.29 is 9.53 Å². The molecule has 0 spiro atoms. The van der Waals surface area contributed by atoms with E-state index in [9.17, 15) is 4.79 Å². The Morgan fingerprint density at radius 3 is 2.71 bits per heavy atom. The number of aromatic nitrogens is 1. The van der Waals surface area contributed by atoms with Crippen LogP contribution < -0.4 is 5.32 Å². The molecule has 0 fully saturated rings. The van der Waals surface area contributed by atoms with Gasteiger partial charge in [0.2, 0.25) is 0 Å². The maximum absolute atomic E-state index is 11.2. The second-order valence-electron chi connectivity index (χ2n) is 3.35. The molecule has 0 aliphatic carbocycles. The van der Waals surface area contributed by atoms with E-state index in [0.29, 0.717) is 18.2 Å². The Bertz CT molecular complexity index is 285. The van der Waals surface area contributed by atoms with Gasteiger partial charge in [0.05, 0.1) is 6.61 Å². The molecule has 4 heteroatoms. The smallest absolute Gasteiger partial charge is 0.411 e. The van der Waals surface area contributed by atoms with E-state index in [0.717, 1.165) is 0 Å². The minimum Gasteiger partial charge on any atom is -0.449 e.